The Kier molecular flexibility index (Phi) is 4.70. The Morgan fingerprint density at radius 3 is 2.71 bits per heavy atom. The number of carbonyl (C=O) groups excluding carboxylic acids is 1. The number of carbonyl (C=O) groups is 2. The van der Waals surface area contributed by atoms with Gasteiger partial charge in [-0.15, -0.1) is 0 Å². The molecule has 0 aliphatic heterocycles. The van der Waals surface area contributed by atoms with Crippen LogP contribution in [0, 0.1) is 6.92 Å². The topological polar surface area (TPSA) is 79.3 Å². The largest absolute Gasteiger partial charge is 0.478 e. The molecule has 21 heavy (non-hydrogen) atoms. The van der Waals surface area contributed by atoms with Gasteiger partial charge in [0.1, 0.15) is 5.82 Å². The van der Waals surface area contributed by atoms with E-state index < -0.39 is 5.97 Å². The van der Waals surface area contributed by atoms with Crippen molar-refractivity contribution in [3.8, 4) is 0 Å². The van der Waals surface area contributed by atoms with E-state index in [1.165, 1.54) is 6.07 Å². The number of aromatic nitrogens is 1. The lowest BCUT2D eigenvalue weighted by Crippen LogP contribution is -2.17. The van der Waals surface area contributed by atoms with Gasteiger partial charge in [-0.3, -0.25) is 4.79 Å². The number of halogens is 1. The standard InChI is InChI=1S/C15H13BrN2O3/c1-9-6-11(16)8-17-14(9)18-13(19)7-10-4-2-3-5-12(10)15(20)21/h2-6,8H,7H2,1H3,(H,20,21)(H,17,18,19). The van der Waals surface area contributed by atoms with Gasteiger partial charge in [0.2, 0.25) is 5.91 Å². The van der Waals surface area contributed by atoms with Crippen LogP contribution in [0.15, 0.2) is 41.0 Å². The molecule has 2 rings (SSSR count). The quantitative estimate of drug-likeness (QED) is 0.889. The van der Waals surface area contributed by atoms with Crippen molar-refractivity contribution in [1.82, 2.24) is 4.98 Å². The molecule has 0 atom stereocenters. The Hall–Kier alpha value is -2.21. The number of benzene rings is 1. The van der Waals surface area contributed by atoms with Crippen LogP contribution in [-0.2, 0) is 11.2 Å². The third-order valence-electron chi connectivity index (χ3n) is 2.90. The molecule has 0 saturated carbocycles. The third-order valence-corrected chi connectivity index (χ3v) is 3.34. The molecular weight excluding hydrogens is 336 g/mol. The van der Waals surface area contributed by atoms with Gasteiger partial charge in [-0.25, -0.2) is 9.78 Å². The first kappa shape index (κ1) is 15.2. The van der Waals surface area contributed by atoms with Gasteiger partial charge in [0, 0.05) is 10.7 Å². The number of pyridine rings is 1. The van der Waals surface area contributed by atoms with Crippen molar-refractivity contribution in [3.05, 3.63) is 57.7 Å². The number of rotatable bonds is 4. The molecule has 108 valence electrons. The van der Waals surface area contributed by atoms with E-state index in [0.717, 1.165) is 10.0 Å². The molecule has 0 spiro atoms. The summed E-state index contributed by atoms with van der Waals surface area (Å²) in [6.45, 7) is 1.83. The molecule has 0 radical (unpaired) electrons. The summed E-state index contributed by atoms with van der Waals surface area (Å²) in [5.41, 5.74) is 1.43. The summed E-state index contributed by atoms with van der Waals surface area (Å²) in [5, 5.41) is 11.8. The third kappa shape index (κ3) is 3.88. The van der Waals surface area contributed by atoms with Crippen molar-refractivity contribution in [1.29, 1.82) is 0 Å². The number of anilines is 1. The number of amides is 1. The molecule has 0 unspecified atom stereocenters. The van der Waals surface area contributed by atoms with Crippen molar-refractivity contribution in [2.24, 2.45) is 0 Å². The highest BCUT2D eigenvalue weighted by Crippen LogP contribution is 2.17. The van der Waals surface area contributed by atoms with Crippen LogP contribution < -0.4 is 5.32 Å². The molecule has 1 heterocycles. The van der Waals surface area contributed by atoms with Crippen molar-refractivity contribution in [2.45, 2.75) is 13.3 Å². The van der Waals surface area contributed by atoms with Gasteiger partial charge in [0.05, 0.1) is 12.0 Å². The zero-order valence-corrected chi connectivity index (χ0v) is 12.8. The maximum Gasteiger partial charge on any atom is 0.335 e. The number of hydrogen-bond acceptors (Lipinski definition) is 3. The van der Waals surface area contributed by atoms with Gasteiger partial charge in [-0.05, 0) is 46.1 Å². The van der Waals surface area contributed by atoms with Crippen LogP contribution in [-0.4, -0.2) is 22.0 Å². The Morgan fingerprint density at radius 2 is 2.05 bits per heavy atom. The summed E-state index contributed by atoms with van der Waals surface area (Å²) in [7, 11) is 0. The minimum Gasteiger partial charge on any atom is -0.478 e. The normalized spacial score (nSPS) is 10.2. The second-order valence-corrected chi connectivity index (χ2v) is 5.42. The van der Waals surface area contributed by atoms with Gasteiger partial charge < -0.3 is 10.4 Å². The van der Waals surface area contributed by atoms with Crippen LogP contribution >= 0.6 is 15.9 Å². The fraction of sp³-hybridized carbons (Fsp3) is 0.133. The summed E-state index contributed by atoms with van der Waals surface area (Å²) in [4.78, 5) is 27.3. The Bertz CT molecular complexity index is 701. The number of aromatic carboxylic acids is 1. The lowest BCUT2D eigenvalue weighted by molar-refractivity contribution is -0.115. The van der Waals surface area contributed by atoms with Gasteiger partial charge in [0.15, 0.2) is 0 Å². The molecular formula is C15H13BrN2O3. The smallest absolute Gasteiger partial charge is 0.335 e. The van der Waals surface area contributed by atoms with Gasteiger partial charge in [-0.1, -0.05) is 18.2 Å². The number of nitrogens with zero attached hydrogens (tertiary/aromatic N) is 1. The first-order valence-electron chi connectivity index (χ1n) is 6.20. The van der Waals surface area contributed by atoms with E-state index in [2.05, 4.69) is 26.2 Å². The highest BCUT2D eigenvalue weighted by atomic mass is 79.9. The first-order valence-corrected chi connectivity index (χ1v) is 7.00. The average Bonchev–Trinajstić information content (AvgIpc) is 2.42. The van der Waals surface area contributed by atoms with Crippen LogP contribution in [0.5, 0.6) is 0 Å². The van der Waals surface area contributed by atoms with E-state index in [9.17, 15) is 9.59 Å². The van der Waals surface area contributed by atoms with Crippen LogP contribution in [0.4, 0.5) is 5.82 Å². The second-order valence-electron chi connectivity index (χ2n) is 4.51. The first-order chi connectivity index (χ1) is 9.97. The minimum atomic E-state index is -1.05. The van der Waals surface area contributed by atoms with Crippen LogP contribution in [0.3, 0.4) is 0 Å². The number of carboxylic acids is 1. The molecule has 0 fully saturated rings. The molecule has 0 aliphatic rings. The number of aryl methyl sites for hydroxylation is 1. The van der Waals surface area contributed by atoms with Crippen molar-refractivity contribution >= 4 is 33.6 Å². The Labute approximate surface area is 130 Å². The van der Waals surface area contributed by atoms with Crippen LogP contribution in [0.25, 0.3) is 0 Å². The molecule has 2 aromatic rings. The maximum absolute atomic E-state index is 12.0. The summed E-state index contributed by atoms with van der Waals surface area (Å²) in [6.07, 6.45) is 1.58. The average molecular weight is 349 g/mol. The molecule has 5 nitrogen and oxygen atoms in total. The lowest BCUT2D eigenvalue weighted by Gasteiger charge is -2.09. The fourth-order valence-electron chi connectivity index (χ4n) is 1.90. The highest BCUT2D eigenvalue weighted by Gasteiger charge is 2.13. The van der Waals surface area contributed by atoms with E-state index in [1.54, 1.807) is 24.4 Å². The van der Waals surface area contributed by atoms with Crippen LogP contribution in [0.1, 0.15) is 21.5 Å². The Balaban J connectivity index is 2.14. The minimum absolute atomic E-state index is 0.0142. The summed E-state index contributed by atoms with van der Waals surface area (Å²) in [6, 6.07) is 8.29. The van der Waals surface area contributed by atoms with Gasteiger partial charge in [-0.2, -0.15) is 0 Å². The lowest BCUT2D eigenvalue weighted by atomic mass is 10.0. The van der Waals surface area contributed by atoms with Crippen molar-refractivity contribution in [2.75, 3.05) is 5.32 Å². The van der Waals surface area contributed by atoms with Crippen molar-refractivity contribution < 1.29 is 14.7 Å². The number of nitrogens with one attached hydrogen (secondary N) is 1. The summed E-state index contributed by atoms with van der Waals surface area (Å²) >= 11 is 3.30. The highest BCUT2D eigenvalue weighted by molar-refractivity contribution is 9.10. The van der Waals surface area contributed by atoms with E-state index in [4.69, 9.17) is 5.11 Å². The monoisotopic (exact) mass is 348 g/mol. The van der Waals surface area contributed by atoms with Crippen LogP contribution in [0.2, 0.25) is 0 Å². The number of hydrogen-bond donors (Lipinski definition) is 2. The van der Waals surface area contributed by atoms with E-state index >= 15 is 0 Å². The fourth-order valence-corrected chi connectivity index (χ4v) is 2.35. The van der Waals surface area contributed by atoms with Gasteiger partial charge >= 0.3 is 5.97 Å². The summed E-state index contributed by atoms with van der Waals surface area (Å²) in [5.74, 6) is -0.881. The molecule has 1 aromatic carbocycles. The van der Waals surface area contributed by atoms with E-state index in [0.29, 0.717) is 11.4 Å². The molecule has 1 aromatic heterocycles. The number of carboxylic acid groups (broad SMARTS) is 1. The zero-order chi connectivity index (χ0) is 15.4. The Morgan fingerprint density at radius 1 is 1.33 bits per heavy atom. The maximum atomic E-state index is 12.0. The predicted molar refractivity (Wildman–Crippen MR) is 82.4 cm³/mol. The SMILES string of the molecule is Cc1cc(Br)cnc1NC(=O)Cc1ccccc1C(=O)O. The molecule has 0 bridgehead atoms. The molecule has 0 aliphatic carbocycles. The van der Waals surface area contributed by atoms with E-state index in [-0.39, 0.29) is 17.9 Å². The second kappa shape index (κ2) is 6.49. The molecule has 0 saturated heterocycles. The molecule has 1 amide bonds. The van der Waals surface area contributed by atoms with Gasteiger partial charge in [0.25, 0.3) is 0 Å². The molecule has 6 heteroatoms. The summed E-state index contributed by atoms with van der Waals surface area (Å²) < 4.78 is 0.828. The van der Waals surface area contributed by atoms with E-state index in [1.807, 2.05) is 13.0 Å². The zero-order valence-electron chi connectivity index (χ0n) is 11.3. The predicted octanol–water partition coefficient (Wildman–Crippen LogP) is 3.03. The van der Waals surface area contributed by atoms with Crippen molar-refractivity contribution in [3.63, 3.8) is 0 Å². The molecule has 2 N–H and O–H groups in total.